The van der Waals surface area contributed by atoms with Crippen LogP contribution >= 0.6 is 0 Å². The van der Waals surface area contributed by atoms with E-state index in [4.69, 9.17) is 0 Å². The SMILES string of the molecule is CC=C/C=[C]/CCCCCC. The molecule has 0 rings (SSSR count). The zero-order chi connectivity index (χ0) is 8.36. The Hall–Kier alpha value is -0.520. The first-order chi connectivity index (χ1) is 5.41. The summed E-state index contributed by atoms with van der Waals surface area (Å²) in [5, 5.41) is 0. The minimum Gasteiger partial charge on any atom is -0.0877 e. The molecule has 0 aromatic rings. The second-order valence-electron chi connectivity index (χ2n) is 2.71. The van der Waals surface area contributed by atoms with Crippen LogP contribution in [0.5, 0.6) is 0 Å². The fourth-order valence-electron chi connectivity index (χ4n) is 0.901. The lowest BCUT2D eigenvalue weighted by molar-refractivity contribution is 0.670. The molecular formula is C11H19. The summed E-state index contributed by atoms with van der Waals surface area (Å²) in [6.07, 6.45) is 15.7. The molecule has 0 bridgehead atoms. The zero-order valence-corrected chi connectivity index (χ0v) is 7.77. The van der Waals surface area contributed by atoms with Crippen molar-refractivity contribution in [2.75, 3.05) is 0 Å². The summed E-state index contributed by atoms with van der Waals surface area (Å²) in [7, 11) is 0. The van der Waals surface area contributed by atoms with Crippen molar-refractivity contribution in [3.63, 3.8) is 0 Å². The van der Waals surface area contributed by atoms with Crippen LogP contribution in [0.2, 0.25) is 0 Å². The summed E-state index contributed by atoms with van der Waals surface area (Å²) >= 11 is 0. The van der Waals surface area contributed by atoms with Crippen LogP contribution in [-0.4, -0.2) is 0 Å². The molecule has 0 atom stereocenters. The summed E-state index contributed by atoms with van der Waals surface area (Å²) in [5.41, 5.74) is 0. The van der Waals surface area contributed by atoms with Crippen LogP contribution in [-0.2, 0) is 0 Å². The maximum absolute atomic E-state index is 3.23. The van der Waals surface area contributed by atoms with Crippen molar-refractivity contribution in [1.29, 1.82) is 0 Å². The largest absolute Gasteiger partial charge is 0.0877 e. The number of allylic oxidation sites excluding steroid dienone is 4. The number of rotatable bonds is 6. The van der Waals surface area contributed by atoms with Gasteiger partial charge in [-0.1, -0.05) is 44.4 Å². The molecule has 63 valence electrons. The smallest absolute Gasteiger partial charge is 0.0276 e. The third-order valence-corrected chi connectivity index (χ3v) is 1.58. The van der Waals surface area contributed by atoms with E-state index in [1.807, 2.05) is 25.2 Å². The predicted molar refractivity (Wildman–Crippen MR) is 51.4 cm³/mol. The second-order valence-corrected chi connectivity index (χ2v) is 2.71. The van der Waals surface area contributed by atoms with Crippen LogP contribution in [0.1, 0.15) is 46.0 Å². The summed E-state index contributed by atoms with van der Waals surface area (Å²) < 4.78 is 0. The Balaban J connectivity index is 3.01. The third kappa shape index (κ3) is 9.48. The van der Waals surface area contributed by atoms with Gasteiger partial charge >= 0.3 is 0 Å². The molecule has 0 fully saturated rings. The van der Waals surface area contributed by atoms with E-state index in [1.165, 1.54) is 25.7 Å². The maximum atomic E-state index is 3.23. The van der Waals surface area contributed by atoms with Crippen LogP contribution in [0, 0.1) is 6.08 Å². The zero-order valence-electron chi connectivity index (χ0n) is 7.77. The minimum atomic E-state index is 1.12. The summed E-state index contributed by atoms with van der Waals surface area (Å²) in [4.78, 5) is 0. The van der Waals surface area contributed by atoms with Crippen molar-refractivity contribution < 1.29 is 0 Å². The van der Waals surface area contributed by atoms with E-state index >= 15 is 0 Å². The average Bonchev–Trinajstić information content (AvgIpc) is 2.03. The molecular weight excluding hydrogens is 132 g/mol. The highest BCUT2D eigenvalue weighted by atomic mass is 13.9. The molecule has 0 aliphatic heterocycles. The Morgan fingerprint density at radius 2 is 2.00 bits per heavy atom. The molecule has 0 aliphatic carbocycles. The number of hydrogen-bond acceptors (Lipinski definition) is 0. The van der Waals surface area contributed by atoms with Crippen molar-refractivity contribution in [3.8, 4) is 0 Å². The first kappa shape index (κ1) is 10.5. The first-order valence-electron chi connectivity index (χ1n) is 4.59. The first-order valence-corrected chi connectivity index (χ1v) is 4.59. The van der Waals surface area contributed by atoms with Gasteiger partial charge in [-0.25, -0.2) is 0 Å². The Labute approximate surface area is 71.0 Å². The fourth-order valence-corrected chi connectivity index (χ4v) is 0.901. The van der Waals surface area contributed by atoms with Gasteiger partial charge in [0.1, 0.15) is 0 Å². The van der Waals surface area contributed by atoms with Crippen molar-refractivity contribution >= 4 is 0 Å². The van der Waals surface area contributed by atoms with E-state index < -0.39 is 0 Å². The van der Waals surface area contributed by atoms with Crippen molar-refractivity contribution in [1.82, 2.24) is 0 Å². The lowest BCUT2D eigenvalue weighted by Gasteiger charge is -1.92. The number of unbranched alkanes of at least 4 members (excludes halogenated alkanes) is 4. The highest BCUT2D eigenvalue weighted by molar-refractivity contribution is 4.96. The van der Waals surface area contributed by atoms with E-state index in [0.717, 1.165) is 6.42 Å². The summed E-state index contributed by atoms with van der Waals surface area (Å²) in [6, 6.07) is 0. The normalized spacial score (nSPS) is 11.8. The Kier molecular flexibility index (Phi) is 9.03. The lowest BCUT2D eigenvalue weighted by atomic mass is 10.1. The molecule has 0 saturated carbocycles. The average molecular weight is 151 g/mol. The topological polar surface area (TPSA) is 0 Å². The quantitative estimate of drug-likeness (QED) is 0.399. The molecule has 0 N–H and O–H groups in total. The van der Waals surface area contributed by atoms with E-state index in [-0.39, 0.29) is 0 Å². The van der Waals surface area contributed by atoms with E-state index in [1.54, 1.807) is 0 Å². The minimum absolute atomic E-state index is 1.12. The third-order valence-electron chi connectivity index (χ3n) is 1.58. The van der Waals surface area contributed by atoms with Crippen LogP contribution in [0.4, 0.5) is 0 Å². The summed E-state index contributed by atoms with van der Waals surface area (Å²) in [6.45, 7) is 4.26. The number of hydrogen-bond donors (Lipinski definition) is 0. The van der Waals surface area contributed by atoms with Gasteiger partial charge in [0.2, 0.25) is 0 Å². The highest BCUT2D eigenvalue weighted by Gasteiger charge is 1.83. The molecule has 0 saturated heterocycles. The molecule has 0 heterocycles. The van der Waals surface area contributed by atoms with Gasteiger partial charge in [0.25, 0.3) is 0 Å². The van der Waals surface area contributed by atoms with E-state index in [9.17, 15) is 0 Å². The molecule has 1 radical (unpaired) electrons. The Bertz CT molecular complexity index is 109. The molecule has 11 heavy (non-hydrogen) atoms. The fraction of sp³-hybridized carbons (Fsp3) is 0.636. The van der Waals surface area contributed by atoms with Gasteiger partial charge in [0, 0.05) is 0 Å². The highest BCUT2D eigenvalue weighted by Crippen LogP contribution is 2.02. The van der Waals surface area contributed by atoms with Crippen LogP contribution in [0.3, 0.4) is 0 Å². The molecule has 0 aliphatic rings. The van der Waals surface area contributed by atoms with Crippen LogP contribution in [0.15, 0.2) is 18.2 Å². The molecule has 0 spiro atoms. The molecule has 0 unspecified atom stereocenters. The van der Waals surface area contributed by atoms with Gasteiger partial charge in [-0.3, -0.25) is 0 Å². The van der Waals surface area contributed by atoms with E-state index in [2.05, 4.69) is 13.0 Å². The maximum Gasteiger partial charge on any atom is -0.0276 e. The lowest BCUT2D eigenvalue weighted by Crippen LogP contribution is -1.73. The van der Waals surface area contributed by atoms with Crippen molar-refractivity contribution in [2.24, 2.45) is 0 Å². The molecule has 0 heteroatoms. The predicted octanol–water partition coefficient (Wildman–Crippen LogP) is 3.89. The van der Waals surface area contributed by atoms with Gasteiger partial charge in [-0.05, 0) is 25.8 Å². The molecule has 0 amide bonds. The molecule has 0 nitrogen and oxygen atoms in total. The standard InChI is InChI=1S/C11H19/c1-3-5-7-9-11-10-8-6-4-2/h3,5,7H,4,6,8,10-11H2,1-2H3. The van der Waals surface area contributed by atoms with E-state index in [0.29, 0.717) is 0 Å². The molecule has 0 aromatic heterocycles. The second kappa shape index (κ2) is 9.48. The van der Waals surface area contributed by atoms with Gasteiger partial charge in [-0.2, -0.15) is 0 Å². The Morgan fingerprint density at radius 1 is 1.18 bits per heavy atom. The van der Waals surface area contributed by atoms with Gasteiger partial charge in [0.05, 0.1) is 0 Å². The van der Waals surface area contributed by atoms with Gasteiger partial charge < -0.3 is 0 Å². The molecule has 0 aromatic carbocycles. The van der Waals surface area contributed by atoms with Gasteiger partial charge in [-0.15, -0.1) is 0 Å². The van der Waals surface area contributed by atoms with Crippen LogP contribution in [0.25, 0.3) is 0 Å². The van der Waals surface area contributed by atoms with Crippen molar-refractivity contribution in [3.05, 3.63) is 24.3 Å². The summed E-state index contributed by atoms with van der Waals surface area (Å²) in [5.74, 6) is 0. The van der Waals surface area contributed by atoms with Crippen LogP contribution < -0.4 is 0 Å². The monoisotopic (exact) mass is 151 g/mol. The van der Waals surface area contributed by atoms with Gasteiger partial charge in [0.15, 0.2) is 0 Å². The Morgan fingerprint density at radius 3 is 2.64 bits per heavy atom. The van der Waals surface area contributed by atoms with Crippen molar-refractivity contribution in [2.45, 2.75) is 46.0 Å².